The van der Waals surface area contributed by atoms with E-state index >= 15 is 0 Å². The minimum atomic E-state index is 0.450. The van der Waals surface area contributed by atoms with E-state index in [4.69, 9.17) is 9.47 Å². The molecular weight excluding hydrogens is 164 g/mol. The molecule has 13 heavy (non-hydrogen) atoms. The third kappa shape index (κ3) is 2.38. The monoisotopic (exact) mass is 177 g/mol. The first kappa shape index (κ1) is 8.42. The molecule has 69 valence electrons. The Morgan fingerprint density at radius 2 is 2.31 bits per heavy atom. The summed E-state index contributed by atoms with van der Waals surface area (Å²) in [7, 11) is 0. The molecule has 1 aliphatic carbocycles. The Labute approximate surface area is 78.5 Å². The van der Waals surface area contributed by atoms with Crippen molar-refractivity contribution < 1.29 is 9.47 Å². The third-order valence-electron chi connectivity index (χ3n) is 1.88. The van der Waals surface area contributed by atoms with Crippen molar-refractivity contribution in [3.8, 4) is 11.5 Å². The van der Waals surface area contributed by atoms with E-state index in [2.05, 4.69) is 6.07 Å². The smallest absolute Gasteiger partial charge is 0.127 e. The molecule has 0 atom stereocenters. The van der Waals surface area contributed by atoms with Crippen molar-refractivity contribution >= 4 is 0 Å². The van der Waals surface area contributed by atoms with Crippen LogP contribution in [-0.4, -0.2) is 12.7 Å². The zero-order chi connectivity index (χ0) is 9.10. The van der Waals surface area contributed by atoms with Crippen LogP contribution >= 0.6 is 0 Å². The predicted octanol–water partition coefficient (Wildman–Crippen LogP) is 2.43. The van der Waals surface area contributed by atoms with Crippen molar-refractivity contribution in [3.63, 3.8) is 0 Å². The Balaban J connectivity index is 1.95. The predicted molar refractivity (Wildman–Crippen MR) is 50.1 cm³/mol. The molecule has 1 radical (unpaired) electrons. The molecule has 0 bridgehead atoms. The van der Waals surface area contributed by atoms with Crippen LogP contribution in [0.3, 0.4) is 0 Å². The molecule has 2 heteroatoms. The second-order valence-electron chi connectivity index (χ2n) is 3.14. The van der Waals surface area contributed by atoms with Crippen molar-refractivity contribution in [1.29, 1.82) is 0 Å². The molecule has 0 aliphatic heterocycles. The SMILES string of the molecule is CCOc1[c]cc(OC2CC2)cc1. The Hall–Kier alpha value is -1.18. The summed E-state index contributed by atoms with van der Waals surface area (Å²) in [5.74, 6) is 1.68. The molecule has 1 aliphatic rings. The van der Waals surface area contributed by atoms with Crippen LogP contribution in [0.1, 0.15) is 19.8 Å². The van der Waals surface area contributed by atoms with Crippen molar-refractivity contribution in [3.05, 3.63) is 24.3 Å². The van der Waals surface area contributed by atoms with Gasteiger partial charge in [-0.1, -0.05) is 0 Å². The van der Waals surface area contributed by atoms with Crippen LogP contribution in [0.15, 0.2) is 18.2 Å². The summed E-state index contributed by atoms with van der Waals surface area (Å²) >= 11 is 0. The molecule has 0 N–H and O–H groups in total. The van der Waals surface area contributed by atoms with E-state index in [1.165, 1.54) is 12.8 Å². The van der Waals surface area contributed by atoms with Gasteiger partial charge >= 0.3 is 0 Å². The van der Waals surface area contributed by atoms with Crippen LogP contribution in [0.5, 0.6) is 11.5 Å². The van der Waals surface area contributed by atoms with Gasteiger partial charge in [0, 0.05) is 6.07 Å². The fourth-order valence-electron chi connectivity index (χ4n) is 1.09. The minimum absolute atomic E-state index is 0.450. The summed E-state index contributed by atoms with van der Waals surface area (Å²) in [4.78, 5) is 0. The second kappa shape index (κ2) is 3.69. The van der Waals surface area contributed by atoms with E-state index < -0.39 is 0 Å². The van der Waals surface area contributed by atoms with E-state index in [9.17, 15) is 0 Å². The van der Waals surface area contributed by atoms with Gasteiger partial charge in [-0.15, -0.1) is 0 Å². The van der Waals surface area contributed by atoms with Crippen LogP contribution in [-0.2, 0) is 0 Å². The average molecular weight is 177 g/mol. The molecular formula is C11H13O2. The molecule has 1 saturated carbocycles. The Morgan fingerprint density at radius 1 is 1.46 bits per heavy atom. The summed E-state index contributed by atoms with van der Waals surface area (Å²) in [6.07, 6.45) is 2.83. The van der Waals surface area contributed by atoms with E-state index in [0.717, 1.165) is 11.5 Å². The zero-order valence-electron chi connectivity index (χ0n) is 7.75. The maximum absolute atomic E-state index is 5.57. The highest BCUT2D eigenvalue weighted by atomic mass is 16.5. The quantitative estimate of drug-likeness (QED) is 0.703. The van der Waals surface area contributed by atoms with Crippen molar-refractivity contribution in [2.45, 2.75) is 25.9 Å². The number of ether oxygens (including phenoxy) is 2. The molecule has 0 saturated heterocycles. The minimum Gasteiger partial charge on any atom is -0.493 e. The maximum Gasteiger partial charge on any atom is 0.127 e. The first-order chi connectivity index (χ1) is 6.38. The highest BCUT2D eigenvalue weighted by Gasteiger charge is 2.23. The highest BCUT2D eigenvalue weighted by molar-refractivity contribution is 5.30. The van der Waals surface area contributed by atoms with Gasteiger partial charge in [0.25, 0.3) is 0 Å². The van der Waals surface area contributed by atoms with Gasteiger partial charge < -0.3 is 9.47 Å². The van der Waals surface area contributed by atoms with E-state index in [0.29, 0.717) is 12.7 Å². The number of rotatable bonds is 4. The highest BCUT2D eigenvalue weighted by Crippen LogP contribution is 2.27. The molecule has 0 unspecified atom stereocenters. The summed E-state index contributed by atoms with van der Waals surface area (Å²) in [5.41, 5.74) is 0. The van der Waals surface area contributed by atoms with Gasteiger partial charge in [-0.05, 0) is 38.0 Å². The van der Waals surface area contributed by atoms with Crippen LogP contribution < -0.4 is 9.47 Å². The maximum atomic E-state index is 5.57. The first-order valence-electron chi connectivity index (χ1n) is 4.69. The van der Waals surface area contributed by atoms with Gasteiger partial charge in [-0.3, -0.25) is 0 Å². The molecule has 1 fully saturated rings. The topological polar surface area (TPSA) is 18.5 Å². The van der Waals surface area contributed by atoms with E-state index in [1.807, 2.05) is 25.1 Å². The molecule has 2 nitrogen and oxygen atoms in total. The van der Waals surface area contributed by atoms with Crippen LogP contribution in [0.4, 0.5) is 0 Å². The lowest BCUT2D eigenvalue weighted by Gasteiger charge is -2.05. The number of hydrogen-bond donors (Lipinski definition) is 0. The van der Waals surface area contributed by atoms with E-state index in [1.54, 1.807) is 0 Å². The zero-order valence-corrected chi connectivity index (χ0v) is 7.75. The number of benzene rings is 1. The van der Waals surface area contributed by atoms with Crippen molar-refractivity contribution in [1.82, 2.24) is 0 Å². The lowest BCUT2D eigenvalue weighted by Crippen LogP contribution is -1.96. The first-order valence-corrected chi connectivity index (χ1v) is 4.69. The van der Waals surface area contributed by atoms with Crippen molar-refractivity contribution in [2.24, 2.45) is 0 Å². The van der Waals surface area contributed by atoms with Crippen LogP contribution in [0.2, 0.25) is 0 Å². The van der Waals surface area contributed by atoms with Crippen LogP contribution in [0, 0.1) is 6.07 Å². The summed E-state index contributed by atoms with van der Waals surface area (Å²) < 4.78 is 10.8. The second-order valence-corrected chi connectivity index (χ2v) is 3.14. The number of hydrogen-bond acceptors (Lipinski definition) is 2. The normalized spacial score (nSPS) is 15.5. The fourth-order valence-corrected chi connectivity index (χ4v) is 1.09. The third-order valence-corrected chi connectivity index (χ3v) is 1.88. The molecule has 1 aromatic carbocycles. The summed E-state index contributed by atoms with van der Waals surface area (Å²) in [6.45, 7) is 2.64. The van der Waals surface area contributed by atoms with Gasteiger partial charge in [0.2, 0.25) is 0 Å². The molecule has 2 rings (SSSR count). The lowest BCUT2D eigenvalue weighted by atomic mass is 10.3. The molecule has 0 spiro atoms. The van der Waals surface area contributed by atoms with E-state index in [-0.39, 0.29) is 0 Å². The standard InChI is InChI=1S/C11H13O2/c1-2-12-9-3-5-10(6-4-9)13-11-7-8-11/h3,5-6,11H,2,7-8H2,1H3. The van der Waals surface area contributed by atoms with Crippen LogP contribution in [0.25, 0.3) is 0 Å². The van der Waals surface area contributed by atoms with Gasteiger partial charge in [0.05, 0.1) is 12.7 Å². The average Bonchev–Trinajstić information content (AvgIpc) is 2.93. The van der Waals surface area contributed by atoms with Gasteiger partial charge in [0.1, 0.15) is 11.5 Å². The summed E-state index contributed by atoms with van der Waals surface area (Å²) in [5, 5.41) is 0. The lowest BCUT2D eigenvalue weighted by molar-refractivity contribution is 0.301. The van der Waals surface area contributed by atoms with Gasteiger partial charge in [-0.25, -0.2) is 0 Å². The Kier molecular flexibility index (Phi) is 2.39. The molecule has 1 aromatic rings. The fraction of sp³-hybridized carbons (Fsp3) is 0.455. The summed E-state index contributed by atoms with van der Waals surface area (Å²) in [6, 6.07) is 8.68. The van der Waals surface area contributed by atoms with Gasteiger partial charge in [-0.2, -0.15) is 0 Å². The molecule has 0 heterocycles. The Bertz CT molecular complexity index is 262. The Morgan fingerprint density at radius 3 is 2.85 bits per heavy atom. The van der Waals surface area contributed by atoms with Gasteiger partial charge in [0.15, 0.2) is 0 Å². The molecule has 0 amide bonds. The molecule has 0 aromatic heterocycles. The largest absolute Gasteiger partial charge is 0.493 e. The van der Waals surface area contributed by atoms with Crippen molar-refractivity contribution in [2.75, 3.05) is 6.61 Å².